The fourth-order valence-electron chi connectivity index (χ4n) is 1.88. The first kappa shape index (κ1) is 18.3. The predicted octanol–water partition coefficient (Wildman–Crippen LogP) is 3.99. The van der Waals surface area contributed by atoms with Crippen LogP contribution in [0.3, 0.4) is 0 Å². The van der Waals surface area contributed by atoms with Gasteiger partial charge in [-0.15, -0.1) is 0 Å². The number of aromatic nitrogens is 3. The molecule has 5 nitrogen and oxygen atoms in total. The third-order valence-corrected chi connectivity index (χ3v) is 3.54. The van der Waals surface area contributed by atoms with Gasteiger partial charge in [-0.2, -0.15) is 13.2 Å². The maximum absolute atomic E-state index is 12.5. The second-order valence-corrected chi connectivity index (χ2v) is 5.41. The summed E-state index contributed by atoms with van der Waals surface area (Å²) in [6.45, 7) is 4.03. The van der Waals surface area contributed by atoms with Gasteiger partial charge in [0, 0.05) is 12.3 Å². The summed E-state index contributed by atoms with van der Waals surface area (Å²) in [5.41, 5.74) is -0.0902. The monoisotopic (exact) mass is 360 g/mol. The molecule has 2 heterocycles. The van der Waals surface area contributed by atoms with Gasteiger partial charge < -0.3 is 10.1 Å². The zero-order valence-electron chi connectivity index (χ0n) is 13.1. The highest BCUT2D eigenvalue weighted by atomic mass is 35.5. The van der Waals surface area contributed by atoms with E-state index >= 15 is 0 Å². The predicted molar refractivity (Wildman–Crippen MR) is 84.2 cm³/mol. The summed E-state index contributed by atoms with van der Waals surface area (Å²) in [6.07, 6.45) is -1.94. The van der Waals surface area contributed by atoms with Gasteiger partial charge in [-0.05, 0) is 19.4 Å². The number of hydrogen-bond acceptors (Lipinski definition) is 5. The summed E-state index contributed by atoms with van der Waals surface area (Å²) in [7, 11) is 0. The minimum absolute atomic E-state index is 0.111. The van der Waals surface area contributed by atoms with Crippen molar-refractivity contribution < 1.29 is 17.9 Å². The van der Waals surface area contributed by atoms with Crippen molar-refractivity contribution >= 4 is 17.4 Å². The zero-order chi connectivity index (χ0) is 17.7. The van der Waals surface area contributed by atoms with Crippen molar-refractivity contribution in [1.29, 1.82) is 0 Å². The van der Waals surface area contributed by atoms with Crippen molar-refractivity contribution in [2.45, 2.75) is 32.5 Å². The summed E-state index contributed by atoms with van der Waals surface area (Å²) >= 11 is 6.17. The molecule has 0 aliphatic heterocycles. The van der Waals surface area contributed by atoms with E-state index in [9.17, 15) is 13.2 Å². The molecule has 1 N–H and O–H groups in total. The fourth-order valence-corrected chi connectivity index (χ4v) is 2.18. The van der Waals surface area contributed by atoms with Crippen molar-refractivity contribution in [1.82, 2.24) is 15.0 Å². The number of anilines is 1. The Morgan fingerprint density at radius 3 is 2.58 bits per heavy atom. The van der Waals surface area contributed by atoms with Crippen LogP contribution < -0.4 is 10.1 Å². The van der Waals surface area contributed by atoms with Gasteiger partial charge in [-0.1, -0.05) is 18.5 Å². The van der Waals surface area contributed by atoms with E-state index < -0.39 is 11.7 Å². The highest BCUT2D eigenvalue weighted by molar-refractivity contribution is 6.33. The lowest BCUT2D eigenvalue weighted by molar-refractivity contribution is -0.137. The molecule has 0 aromatic carbocycles. The summed E-state index contributed by atoms with van der Waals surface area (Å²) < 4.78 is 42.9. The van der Waals surface area contributed by atoms with Crippen LogP contribution in [0, 0.1) is 0 Å². The van der Waals surface area contributed by atoms with Crippen LogP contribution in [0.25, 0.3) is 0 Å². The molecule has 0 spiro atoms. The van der Waals surface area contributed by atoms with Gasteiger partial charge in [0.05, 0.1) is 17.8 Å². The van der Waals surface area contributed by atoms with E-state index in [1.165, 1.54) is 12.4 Å². The van der Waals surface area contributed by atoms with E-state index in [0.717, 1.165) is 18.0 Å². The van der Waals surface area contributed by atoms with Crippen LogP contribution in [0.4, 0.5) is 19.0 Å². The number of aryl methyl sites for hydroxylation is 1. The standard InChI is InChI=1S/C15H16ClF3N4O/c1-3-11-13(16)14(23-8-22-11)21-6-9(2)24-12-5-4-10(7-20-12)15(17,18)19/h4-5,7-9H,3,6H2,1-2H3,(H,21,22,23). The molecule has 130 valence electrons. The lowest BCUT2D eigenvalue weighted by atomic mass is 10.3. The minimum atomic E-state index is -4.42. The van der Waals surface area contributed by atoms with Gasteiger partial charge in [0.25, 0.3) is 0 Å². The van der Waals surface area contributed by atoms with Gasteiger partial charge in [0.15, 0.2) is 0 Å². The van der Waals surface area contributed by atoms with E-state index in [1.54, 1.807) is 6.92 Å². The lowest BCUT2D eigenvalue weighted by Gasteiger charge is -2.16. The van der Waals surface area contributed by atoms with Crippen LogP contribution in [0.1, 0.15) is 25.1 Å². The molecule has 0 aliphatic rings. The second kappa shape index (κ2) is 7.65. The average Bonchev–Trinajstić information content (AvgIpc) is 2.53. The molecule has 0 saturated carbocycles. The van der Waals surface area contributed by atoms with E-state index in [1.807, 2.05) is 6.92 Å². The number of halogens is 4. The number of ether oxygens (including phenoxy) is 1. The quantitative estimate of drug-likeness (QED) is 0.844. The summed E-state index contributed by atoms with van der Waals surface area (Å²) in [5.74, 6) is 0.597. The first-order valence-corrected chi connectivity index (χ1v) is 7.62. The molecule has 0 radical (unpaired) electrons. The van der Waals surface area contributed by atoms with Crippen molar-refractivity contribution in [3.63, 3.8) is 0 Å². The number of pyridine rings is 1. The largest absolute Gasteiger partial charge is 0.473 e. The maximum Gasteiger partial charge on any atom is 0.417 e. The van der Waals surface area contributed by atoms with Crippen molar-refractivity contribution in [3.8, 4) is 5.88 Å². The molecule has 0 fully saturated rings. The number of alkyl halides is 3. The number of hydrogen-bond donors (Lipinski definition) is 1. The number of nitrogens with zero attached hydrogens (tertiary/aromatic N) is 3. The van der Waals surface area contributed by atoms with Gasteiger partial charge in [-0.3, -0.25) is 0 Å². The average molecular weight is 361 g/mol. The third kappa shape index (κ3) is 4.70. The highest BCUT2D eigenvalue weighted by Crippen LogP contribution is 2.29. The molecule has 0 aliphatic carbocycles. The summed E-state index contributed by atoms with van der Waals surface area (Å²) in [6, 6.07) is 2.11. The van der Waals surface area contributed by atoms with E-state index in [-0.39, 0.29) is 12.0 Å². The first-order valence-electron chi connectivity index (χ1n) is 7.24. The Kier molecular flexibility index (Phi) is 5.82. The van der Waals surface area contributed by atoms with Crippen LogP contribution in [0.2, 0.25) is 5.02 Å². The molecule has 2 aromatic rings. The van der Waals surface area contributed by atoms with Crippen molar-refractivity contribution in [3.05, 3.63) is 40.9 Å². The van der Waals surface area contributed by atoms with E-state index in [4.69, 9.17) is 16.3 Å². The Balaban J connectivity index is 1.93. The maximum atomic E-state index is 12.5. The molecule has 0 saturated heterocycles. The Morgan fingerprint density at radius 1 is 1.25 bits per heavy atom. The Morgan fingerprint density at radius 2 is 2.00 bits per heavy atom. The Hall–Kier alpha value is -2.09. The van der Waals surface area contributed by atoms with Gasteiger partial charge in [0.2, 0.25) is 5.88 Å². The summed E-state index contributed by atoms with van der Waals surface area (Å²) in [4.78, 5) is 11.8. The van der Waals surface area contributed by atoms with Gasteiger partial charge in [0.1, 0.15) is 23.3 Å². The second-order valence-electron chi connectivity index (χ2n) is 5.03. The van der Waals surface area contributed by atoms with Crippen molar-refractivity contribution in [2.24, 2.45) is 0 Å². The number of nitrogens with one attached hydrogen (secondary N) is 1. The number of rotatable bonds is 6. The van der Waals surface area contributed by atoms with Crippen LogP contribution in [0.5, 0.6) is 5.88 Å². The molecular weight excluding hydrogens is 345 g/mol. The summed E-state index contributed by atoms with van der Waals surface area (Å²) in [5, 5.41) is 3.47. The third-order valence-electron chi connectivity index (χ3n) is 3.14. The molecule has 24 heavy (non-hydrogen) atoms. The van der Waals surface area contributed by atoms with Crippen LogP contribution >= 0.6 is 11.6 Å². The van der Waals surface area contributed by atoms with E-state index in [2.05, 4.69) is 20.3 Å². The normalized spacial score (nSPS) is 12.8. The van der Waals surface area contributed by atoms with Crippen LogP contribution in [-0.2, 0) is 12.6 Å². The molecule has 0 amide bonds. The molecule has 9 heteroatoms. The van der Waals surface area contributed by atoms with Gasteiger partial charge in [-0.25, -0.2) is 15.0 Å². The topological polar surface area (TPSA) is 59.9 Å². The smallest absolute Gasteiger partial charge is 0.417 e. The molecule has 2 rings (SSSR count). The van der Waals surface area contributed by atoms with Crippen LogP contribution in [0.15, 0.2) is 24.7 Å². The SMILES string of the molecule is CCc1ncnc(NCC(C)Oc2ccc(C(F)(F)F)cn2)c1Cl. The Labute approximate surface area is 142 Å². The van der Waals surface area contributed by atoms with Gasteiger partial charge >= 0.3 is 6.18 Å². The minimum Gasteiger partial charge on any atom is -0.473 e. The fraction of sp³-hybridized carbons (Fsp3) is 0.400. The molecule has 1 atom stereocenters. The molecule has 2 aromatic heterocycles. The first-order chi connectivity index (χ1) is 11.3. The molecular formula is C15H16ClF3N4O. The van der Waals surface area contributed by atoms with Crippen molar-refractivity contribution in [2.75, 3.05) is 11.9 Å². The van der Waals surface area contributed by atoms with Crippen LogP contribution in [-0.4, -0.2) is 27.6 Å². The zero-order valence-corrected chi connectivity index (χ0v) is 13.8. The molecule has 0 bridgehead atoms. The Bertz CT molecular complexity index is 679. The lowest BCUT2D eigenvalue weighted by Crippen LogP contribution is -2.24. The van der Waals surface area contributed by atoms with E-state index in [0.29, 0.717) is 23.8 Å². The molecule has 1 unspecified atom stereocenters. The highest BCUT2D eigenvalue weighted by Gasteiger charge is 2.30.